The van der Waals surface area contributed by atoms with Gasteiger partial charge >= 0.3 is 5.97 Å². The largest absolute Gasteiger partial charge is 0.484 e. The Balaban J connectivity index is 1.51. The summed E-state index contributed by atoms with van der Waals surface area (Å²) in [4.78, 5) is 19.1. The first kappa shape index (κ1) is 24.4. The predicted molar refractivity (Wildman–Crippen MR) is 134 cm³/mol. The van der Waals surface area contributed by atoms with Crippen molar-refractivity contribution in [2.75, 3.05) is 24.7 Å². The number of aryl methyl sites for hydroxylation is 2. The van der Waals surface area contributed by atoms with E-state index in [1.807, 2.05) is 26.0 Å². The molecule has 1 aliphatic heterocycles. The van der Waals surface area contributed by atoms with Gasteiger partial charge in [-0.3, -0.25) is 9.69 Å². The zero-order valence-corrected chi connectivity index (χ0v) is 20.8. The lowest BCUT2D eigenvalue weighted by molar-refractivity contribution is -0.148. The summed E-state index contributed by atoms with van der Waals surface area (Å²) in [7, 11) is 0. The Kier molecular flexibility index (Phi) is 8.29. The summed E-state index contributed by atoms with van der Waals surface area (Å²) in [5, 5.41) is 0. The molecule has 7 heteroatoms. The van der Waals surface area contributed by atoms with E-state index in [2.05, 4.69) is 53.2 Å². The predicted octanol–water partition coefficient (Wildman–Crippen LogP) is 5.13. The molecular weight excluding hydrogens is 448 g/mol. The van der Waals surface area contributed by atoms with Gasteiger partial charge in [-0.2, -0.15) is 11.8 Å². The normalized spacial score (nSPS) is 17.3. The van der Waals surface area contributed by atoms with Crippen LogP contribution in [0.2, 0.25) is 0 Å². The Morgan fingerprint density at radius 1 is 1.21 bits per heavy atom. The molecule has 2 heterocycles. The van der Waals surface area contributed by atoms with Gasteiger partial charge < -0.3 is 13.9 Å². The van der Waals surface area contributed by atoms with Crippen LogP contribution in [0.25, 0.3) is 0 Å². The average Bonchev–Trinajstić information content (AvgIpc) is 3.26. The van der Waals surface area contributed by atoms with E-state index in [4.69, 9.17) is 13.9 Å². The second kappa shape index (κ2) is 11.6. The van der Waals surface area contributed by atoms with Crippen LogP contribution >= 0.6 is 11.8 Å². The molecule has 1 aliphatic rings. The minimum absolute atomic E-state index is 0.137. The number of nitrogens with zero attached hydrogens (tertiary/aromatic N) is 2. The van der Waals surface area contributed by atoms with E-state index in [-0.39, 0.29) is 18.1 Å². The maximum absolute atomic E-state index is 12.5. The first-order valence-electron chi connectivity index (χ1n) is 11.7. The molecule has 2 unspecified atom stereocenters. The molecular formula is C27H32N2O4S. The van der Waals surface area contributed by atoms with Crippen molar-refractivity contribution in [1.82, 2.24) is 9.88 Å². The van der Waals surface area contributed by atoms with Crippen LogP contribution in [0.1, 0.15) is 41.2 Å². The quantitative estimate of drug-likeness (QED) is 0.393. The molecule has 4 rings (SSSR count). The Bertz CT molecular complexity index is 1080. The molecule has 0 amide bonds. The monoisotopic (exact) mass is 480 g/mol. The maximum Gasteiger partial charge on any atom is 0.324 e. The smallest absolute Gasteiger partial charge is 0.324 e. The van der Waals surface area contributed by atoms with Crippen LogP contribution in [0.5, 0.6) is 5.75 Å². The van der Waals surface area contributed by atoms with Crippen molar-refractivity contribution < 1.29 is 18.7 Å². The highest BCUT2D eigenvalue weighted by molar-refractivity contribution is 7.99. The SMILES string of the molecule is CCOC(=O)C1CSCCN1Cc1cccc(OC(Cc2ccc(C)cc2)c2ncoc2C)c1. The van der Waals surface area contributed by atoms with E-state index in [9.17, 15) is 4.79 Å². The summed E-state index contributed by atoms with van der Waals surface area (Å²) in [6, 6.07) is 16.4. The highest BCUT2D eigenvalue weighted by Gasteiger charge is 2.30. The Hall–Kier alpha value is -2.77. The van der Waals surface area contributed by atoms with Gasteiger partial charge in [0.05, 0.1) is 6.61 Å². The summed E-state index contributed by atoms with van der Waals surface area (Å²) in [5.74, 6) is 3.17. The molecule has 2 atom stereocenters. The maximum atomic E-state index is 12.5. The number of thioether (sulfide) groups is 1. The van der Waals surface area contributed by atoms with Crippen LogP contribution in [-0.4, -0.2) is 46.6 Å². The van der Waals surface area contributed by atoms with Crippen molar-refractivity contribution in [3.05, 3.63) is 83.1 Å². The van der Waals surface area contributed by atoms with E-state index in [1.54, 1.807) is 11.8 Å². The van der Waals surface area contributed by atoms with E-state index in [1.165, 1.54) is 17.5 Å². The average molecular weight is 481 g/mol. The number of esters is 1. The lowest BCUT2D eigenvalue weighted by atomic mass is 10.0. The summed E-state index contributed by atoms with van der Waals surface area (Å²) in [5.41, 5.74) is 4.31. The number of carbonyl (C=O) groups is 1. The molecule has 180 valence electrons. The fourth-order valence-corrected chi connectivity index (χ4v) is 5.25. The first-order valence-corrected chi connectivity index (χ1v) is 12.9. The fraction of sp³-hybridized carbons (Fsp3) is 0.407. The Labute approximate surface area is 205 Å². The van der Waals surface area contributed by atoms with Crippen molar-refractivity contribution in [3.8, 4) is 5.75 Å². The highest BCUT2D eigenvalue weighted by Crippen LogP contribution is 2.28. The van der Waals surface area contributed by atoms with Gasteiger partial charge in [-0.05, 0) is 44.0 Å². The molecule has 0 N–H and O–H groups in total. The molecule has 6 nitrogen and oxygen atoms in total. The number of benzene rings is 2. The van der Waals surface area contributed by atoms with E-state index >= 15 is 0 Å². The van der Waals surface area contributed by atoms with Gasteiger partial charge in [-0.15, -0.1) is 0 Å². The third-order valence-electron chi connectivity index (χ3n) is 5.99. The van der Waals surface area contributed by atoms with Gasteiger partial charge in [0.25, 0.3) is 0 Å². The third-order valence-corrected chi connectivity index (χ3v) is 7.01. The lowest BCUT2D eigenvalue weighted by Gasteiger charge is -2.33. The van der Waals surface area contributed by atoms with Gasteiger partial charge in [-0.1, -0.05) is 42.0 Å². The van der Waals surface area contributed by atoms with Crippen molar-refractivity contribution in [2.24, 2.45) is 0 Å². The number of hydrogen-bond acceptors (Lipinski definition) is 7. The molecule has 0 radical (unpaired) electrons. The summed E-state index contributed by atoms with van der Waals surface area (Å²) in [6.07, 6.45) is 1.89. The number of carbonyl (C=O) groups excluding carboxylic acids is 1. The highest BCUT2D eigenvalue weighted by atomic mass is 32.2. The molecule has 1 fully saturated rings. The minimum Gasteiger partial charge on any atom is -0.484 e. The molecule has 2 aromatic carbocycles. The van der Waals surface area contributed by atoms with Gasteiger partial charge in [0.2, 0.25) is 0 Å². The minimum atomic E-state index is -0.268. The number of aromatic nitrogens is 1. The topological polar surface area (TPSA) is 64.8 Å². The number of hydrogen-bond donors (Lipinski definition) is 0. The van der Waals surface area contributed by atoms with Crippen molar-refractivity contribution >= 4 is 17.7 Å². The lowest BCUT2D eigenvalue weighted by Crippen LogP contribution is -2.47. The standard InChI is InChI=1S/C27H32N2O4S/c1-4-31-27(30)24-17-34-13-12-29(24)16-22-6-5-7-23(14-22)33-25(26-20(3)32-18-28-26)15-21-10-8-19(2)9-11-21/h5-11,14,18,24-25H,4,12-13,15-17H2,1-3H3. The second-order valence-electron chi connectivity index (χ2n) is 8.55. The van der Waals surface area contributed by atoms with Crippen molar-refractivity contribution in [1.29, 1.82) is 0 Å². The Morgan fingerprint density at radius 3 is 2.76 bits per heavy atom. The molecule has 1 saturated heterocycles. The van der Waals surface area contributed by atoms with E-state index in [0.717, 1.165) is 40.8 Å². The third kappa shape index (κ3) is 6.21. The number of oxazole rings is 1. The second-order valence-corrected chi connectivity index (χ2v) is 9.70. The van der Waals surface area contributed by atoms with E-state index in [0.29, 0.717) is 19.6 Å². The zero-order valence-electron chi connectivity index (χ0n) is 20.0. The van der Waals surface area contributed by atoms with Gasteiger partial charge in [-0.25, -0.2) is 4.98 Å². The van der Waals surface area contributed by atoms with Crippen LogP contribution in [0, 0.1) is 13.8 Å². The number of rotatable bonds is 9. The molecule has 0 bridgehead atoms. The van der Waals surface area contributed by atoms with E-state index < -0.39 is 0 Å². The fourth-order valence-electron chi connectivity index (χ4n) is 4.15. The molecule has 1 aromatic heterocycles. The van der Waals surface area contributed by atoms with Crippen molar-refractivity contribution in [2.45, 2.75) is 45.9 Å². The van der Waals surface area contributed by atoms with Gasteiger partial charge in [0, 0.05) is 31.0 Å². The molecule has 0 aliphatic carbocycles. The zero-order chi connectivity index (χ0) is 23.9. The molecule has 3 aromatic rings. The summed E-state index contributed by atoms with van der Waals surface area (Å²) >= 11 is 1.80. The van der Waals surface area contributed by atoms with Crippen LogP contribution in [-0.2, 0) is 22.5 Å². The Morgan fingerprint density at radius 2 is 2.03 bits per heavy atom. The van der Waals surface area contributed by atoms with Crippen molar-refractivity contribution in [3.63, 3.8) is 0 Å². The first-order chi connectivity index (χ1) is 16.5. The van der Waals surface area contributed by atoms with Crippen LogP contribution in [0.3, 0.4) is 0 Å². The van der Waals surface area contributed by atoms with Gasteiger partial charge in [0.15, 0.2) is 6.39 Å². The summed E-state index contributed by atoms with van der Waals surface area (Å²) in [6.45, 7) is 7.77. The van der Waals surface area contributed by atoms with Crippen LogP contribution < -0.4 is 4.74 Å². The van der Waals surface area contributed by atoms with Gasteiger partial charge in [0.1, 0.15) is 29.3 Å². The van der Waals surface area contributed by atoms with Crippen LogP contribution in [0.4, 0.5) is 0 Å². The number of ether oxygens (including phenoxy) is 2. The summed E-state index contributed by atoms with van der Waals surface area (Å²) < 4.78 is 17.3. The molecule has 0 saturated carbocycles. The van der Waals surface area contributed by atoms with Crippen LogP contribution in [0.15, 0.2) is 59.3 Å². The molecule has 0 spiro atoms. The molecule has 34 heavy (non-hydrogen) atoms.